The van der Waals surface area contributed by atoms with Gasteiger partial charge in [0, 0.05) is 11.8 Å². The summed E-state index contributed by atoms with van der Waals surface area (Å²) in [6.07, 6.45) is 1.57. The molecule has 0 radical (unpaired) electrons. The Morgan fingerprint density at radius 2 is 1.79 bits per heavy atom. The fraction of sp³-hybridized carbons (Fsp3) is 0.190. The molecule has 0 atom stereocenters. The number of aryl methyl sites for hydroxylation is 1. The zero-order valence-corrected chi connectivity index (χ0v) is 15.7. The molecule has 2 aromatic carbocycles. The summed E-state index contributed by atoms with van der Waals surface area (Å²) in [6.45, 7) is 1.84. The zero-order chi connectivity index (χ0) is 20.2. The smallest absolute Gasteiger partial charge is 0.359 e. The van der Waals surface area contributed by atoms with E-state index in [1.165, 1.54) is 4.68 Å². The summed E-state index contributed by atoms with van der Waals surface area (Å²) in [6, 6.07) is 15.7. The van der Waals surface area contributed by atoms with Crippen LogP contribution in [0.2, 0.25) is 0 Å². The number of hydrogen-bond donors (Lipinski definition) is 0. The van der Waals surface area contributed by atoms with Gasteiger partial charge in [0.1, 0.15) is 0 Å². The Morgan fingerprint density at radius 1 is 1.07 bits per heavy atom. The number of ether oxygens (including phenoxy) is 1. The van der Waals surface area contributed by atoms with Crippen LogP contribution in [0, 0.1) is 0 Å². The Labute approximate surface area is 165 Å². The van der Waals surface area contributed by atoms with Crippen LogP contribution in [0.3, 0.4) is 0 Å². The van der Waals surface area contributed by atoms with Gasteiger partial charge in [-0.2, -0.15) is 14.8 Å². The Kier molecular flexibility index (Phi) is 5.15. The Bertz CT molecular complexity index is 1210. The molecule has 0 N–H and O–H groups in total. The van der Waals surface area contributed by atoms with Crippen LogP contribution in [0.25, 0.3) is 16.5 Å². The number of aromatic nitrogens is 4. The van der Waals surface area contributed by atoms with Gasteiger partial charge in [-0.1, -0.05) is 48.5 Å². The molecule has 29 heavy (non-hydrogen) atoms. The van der Waals surface area contributed by atoms with Crippen LogP contribution >= 0.6 is 0 Å². The van der Waals surface area contributed by atoms with Gasteiger partial charge >= 0.3 is 5.97 Å². The number of benzene rings is 2. The summed E-state index contributed by atoms with van der Waals surface area (Å²) in [5.41, 5.74) is 0.278. The van der Waals surface area contributed by atoms with Crippen LogP contribution in [0.15, 0.2) is 63.9 Å². The molecule has 0 aliphatic carbocycles. The minimum atomic E-state index is -0.680. The lowest BCUT2D eigenvalue weighted by atomic mass is 10.1. The topological polar surface area (TPSA) is 100 Å². The molecule has 0 amide bonds. The van der Waals surface area contributed by atoms with Crippen molar-refractivity contribution >= 4 is 16.7 Å². The number of esters is 1. The number of carbonyl (C=O) groups excluding carboxylic acids is 1. The van der Waals surface area contributed by atoms with Gasteiger partial charge in [0.15, 0.2) is 18.1 Å². The maximum absolute atomic E-state index is 12.9. The van der Waals surface area contributed by atoms with E-state index in [-0.39, 0.29) is 23.8 Å². The molecule has 0 saturated heterocycles. The molecule has 0 unspecified atom stereocenters. The normalized spacial score (nSPS) is 10.9. The van der Waals surface area contributed by atoms with Gasteiger partial charge in [-0.15, -0.1) is 0 Å². The van der Waals surface area contributed by atoms with Crippen molar-refractivity contribution in [3.05, 3.63) is 82.4 Å². The van der Waals surface area contributed by atoms with Crippen LogP contribution < -0.4 is 5.56 Å². The van der Waals surface area contributed by atoms with E-state index in [0.717, 1.165) is 6.42 Å². The van der Waals surface area contributed by atoms with E-state index >= 15 is 0 Å². The van der Waals surface area contributed by atoms with Crippen molar-refractivity contribution < 1.29 is 14.1 Å². The highest BCUT2D eigenvalue weighted by molar-refractivity contribution is 6.02. The second kappa shape index (κ2) is 8.05. The minimum Gasteiger partial charge on any atom is -0.451 e. The van der Waals surface area contributed by atoms with Gasteiger partial charge in [-0.25, -0.2) is 4.79 Å². The van der Waals surface area contributed by atoms with Crippen molar-refractivity contribution in [2.24, 2.45) is 0 Å². The largest absolute Gasteiger partial charge is 0.451 e. The molecule has 0 saturated carbocycles. The molecule has 0 bridgehead atoms. The Balaban J connectivity index is 1.69. The van der Waals surface area contributed by atoms with Gasteiger partial charge in [-0.05, 0) is 24.6 Å². The van der Waals surface area contributed by atoms with Crippen molar-refractivity contribution in [2.75, 3.05) is 0 Å². The third-order valence-corrected chi connectivity index (χ3v) is 4.31. The molecule has 0 fully saturated rings. The highest BCUT2D eigenvalue weighted by Crippen LogP contribution is 2.16. The van der Waals surface area contributed by atoms with Gasteiger partial charge in [0.25, 0.3) is 11.4 Å². The first-order valence-electron chi connectivity index (χ1n) is 9.23. The SMILES string of the molecule is CCCc1noc(COC(=O)c2nn(-c3ccccc3)c(=O)c3ccccc23)n1. The van der Waals surface area contributed by atoms with Crippen LogP contribution in [0.5, 0.6) is 0 Å². The lowest BCUT2D eigenvalue weighted by Gasteiger charge is -2.10. The lowest BCUT2D eigenvalue weighted by Crippen LogP contribution is -2.25. The zero-order valence-electron chi connectivity index (χ0n) is 15.7. The van der Waals surface area contributed by atoms with Crippen molar-refractivity contribution in [2.45, 2.75) is 26.4 Å². The number of carbonyl (C=O) groups is 1. The number of fused-ring (bicyclic) bond motifs is 1. The summed E-state index contributed by atoms with van der Waals surface area (Å²) >= 11 is 0. The highest BCUT2D eigenvalue weighted by atomic mass is 16.6. The molecule has 0 spiro atoms. The Morgan fingerprint density at radius 3 is 2.55 bits per heavy atom. The van der Waals surface area contributed by atoms with Crippen molar-refractivity contribution in [1.29, 1.82) is 0 Å². The van der Waals surface area contributed by atoms with E-state index in [1.807, 2.05) is 13.0 Å². The first-order valence-corrected chi connectivity index (χ1v) is 9.23. The average Bonchev–Trinajstić information content (AvgIpc) is 3.21. The third-order valence-electron chi connectivity index (χ3n) is 4.31. The molecule has 146 valence electrons. The molecule has 8 heteroatoms. The number of rotatable bonds is 6. The molecule has 2 aromatic heterocycles. The summed E-state index contributed by atoms with van der Waals surface area (Å²) in [5, 5.41) is 8.91. The molecule has 8 nitrogen and oxygen atoms in total. The Hall–Kier alpha value is -3.81. The average molecular weight is 390 g/mol. The van der Waals surface area contributed by atoms with E-state index in [0.29, 0.717) is 28.7 Å². The minimum absolute atomic E-state index is 0.0392. The van der Waals surface area contributed by atoms with E-state index in [1.54, 1.807) is 48.5 Å². The van der Waals surface area contributed by atoms with Crippen LogP contribution in [-0.2, 0) is 17.8 Å². The maximum Gasteiger partial charge on any atom is 0.359 e. The number of nitrogens with zero attached hydrogens (tertiary/aromatic N) is 4. The van der Waals surface area contributed by atoms with Gasteiger partial charge in [0.05, 0.1) is 11.1 Å². The van der Waals surface area contributed by atoms with E-state index in [2.05, 4.69) is 15.2 Å². The predicted octanol–water partition coefficient (Wildman–Crippen LogP) is 3.08. The molecular weight excluding hydrogens is 372 g/mol. The van der Waals surface area contributed by atoms with E-state index in [4.69, 9.17) is 9.26 Å². The number of para-hydroxylation sites is 1. The van der Waals surface area contributed by atoms with Crippen molar-refractivity contribution in [3.8, 4) is 5.69 Å². The molecule has 0 aliphatic heterocycles. The maximum atomic E-state index is 12.9. The standard InChI is InChI=1S/C21H18N4O4/c1-2-8-17-22-18(29-24-17)13-28-21(27)19-15-11-6-7-12-16(15)20(26)25(23-19)14-9-4-3-5-10-14/h3-7,9-12H,2,8,13H2,1H3. The first kappa shape index (κ1) is 18.5. The molecule has 4 aromatic rings. The second-order valence-electron chi connectivity index (χ2n) is 6.38. The van der Waals surface area contributed by atoms with Crippen molar-refractivity contribution in [1.82, 2.24) is 19.9 Å². The van der Waals surface area contributed by atoms with Gasteiger partial charge < -0.3 is 9.26 Å². The summed E-state index contributed by atoms with van der Waals surface area (Å²) in [4.78, 5) is 29.8. The second-order valence-corrected chi connectivity index (χ2v) is 6.38. The monoisotopic (exact) mass is 390 g/mol. The summed E-state index contributed by atoms with van der Waals surface area (Å²) in [5.74, 6) is 0.100. The molecule has 0 aliphatic rings. The fourth-order valence-electron chi connectivity index (χ4n) is 2.95. The molecular formula is C21H18N4O4. The molecule has 2 heterocycles. The summed E-state index contributed by atoms with van der Waals surface area (Å²) in [7, 11) is 0. The van der Waals surface area contributed by atoms with Gasteiger partial charge in [-0.3, -0.25) is 4.79 Å². The lowest BCUT2D eigenvalue weighted by molar-refractivity contribution is 0.0423. The predicted molar refractivity (Wildman–Crippen MR) is 105 cm³/mol. The van der Waals surface area contributed by atoms with Crippen LogP contribution in [0.1, 0.15) is 35.5 Å². The number of hydrogen-bond acceptors (Lipinski definition) is 7. The highest BCUT2D eigenvalue weighted by Gasteiger charge is 2.19. The van der Waals surface area contributed by atoms with Gasteiger partial charge in [0.2, 0.25) is 0 Å². The van der Waals surface area contributed by atoms with E-state index in [9.17, 15) is 9.59 Å². The quantitative estimate of drug-likeness (QED) is 0.466. The molecule has 4 rings (SSSR count). The first-order chi connectivity index (χ1) is 14.2. The summed E-state index contributed by atoms with van der Waals surface area (Å²) < 4.78 is 11.6. The van der Waals surface area contributed by atoms with Crippen LogP contribution in [0.4, 0.5) is 0 Å². The fourth-order valence-corrected chi connectivity index (χ4v) is 2.95. The van der Waals surface area contributed by atoms with Crippen molar-refractivity contribution in [3.63, 3.8) is 0 Å². The van der Waals surface area contributed by atoms with E-state index < -0.39 is 5.97 Å². The third kappa shape index (κ3) is 3.77. The van der Waals surface area contributed by atoms with Crippen LogP contribution in [-0.4, -0.2) is 25.9 Å².